The third kappa shape index (κ3) is 4.68. The Bertz CT molecular complexity index is 725. The van der Waals surface area contributed by atoms with Crippen LogP contribution in [0.25, 0.3) is 0 Å². The molecule has 5 nitrogen and oxygen atoms in total. The van der Waals surface area contributed by atoms with Gasteiger partial charge in [-0.15, -0.1) is 0 Å². The maximum Gasteiger partial charge on any atom is 0.240 e. The zero-order valence-corrected chi connectivity index (χ0v) is 12.7. The van der Waals surface area contributed by atoms with Crippen molar-refractivity contribution < 1.29 is 18.3 Å². The monoisotopic (exact) mass is 318 g/mol. The summed E-state index contributed by atoms with van der Waals surface area (Å²) in [6, 6.07) is 15.4. The molecule has 0 aliphatic rings. The normalized spacial score (nSPS) is 11.3. The third-order valence-corrected chi connectivity index (χ3v) is 4.58. The smallest absolute Gasteiger partial charge is 0.240 e. The molecule has 0 heterocycles. The summed E-state index contributed by atoms with van der Waals surface area (Å²) < 4.78 is 26.9. The van der Waals surface area contributed by atoms with E-state index in [9.17, 15) is 18.3 Å². The molecule has 0 saturated heterocycles. The molecule has 0 aliphatic heterocycles. The Morgan fingerprint density at radius 1 is 0.955 bits per heavy atom. The first kappa shape index (κ1) is 16.2. The number of rotatable bonds is 7. The molecule has 0 unspecified atom stereocenters. The van der Waals surface area contributed by atoms with E-state index in [0.717, 1.165) is 11.1 Å². The van der Waals surface area contributed by atoms with Crippen molar-refractivity contribution in [2.45, 2.75) is 24.3 Å². The van der Waals surface area contributed by atoms with Crippen LogP contribution in [0.2, 0.25) is 0 Å². The maximum absolute atomic E-state index is 12.2. The van der Waals surface area contributed by atoms with E-state index in [1.165, 1.54) is 12.1 Å². The first-order chi connectivity index (χ1) is 10.5. The molecule has 0 aliphatic carbocycles. The summed E-state index contributed by atoms with van der Waals surface area (Å²) in [5.41, 5.74) is 1.63. The SMILES string of the molecule is O=C([O-])CCc1ccc(S(=O)(=O)NCc2ccccc2)cc1. The van der Waals surface area contributed by atoms with E-state index in [0.29, 0.717) is 6.42 Å². The van der Waals surface area contributed by atoms with Gasteiger partial charge in [-0.1, -0.05) is 42.5 Å². The number of aliphatic carboxylic acids is 1. The van der Waals surface area contributed by atoms with E-state index in [-0.39, 0.29) is 17.9 Å². The van der Waals surface area contributed by atoms with Crippen LogP contribution < -0.4 is 9.83 Å². The highest BCUT2D eigenvalue weighted by Gasteiger charge is 2.13. The van der Waals surface area contributed by atoms with Gasteiger partial charge in [-0.3, -0.25) is 0 Å². The van der Waals surface area contributed by atoms with Gasteiger partial charge in [0.2, 0.25) is 10.0 Å². The van der Waals surface area contributed by atoms with Gasteiger partial charge in [0.05, 0.1) is 4.90 Å². The van der Waals surface area contributed by atoms with Gasteiger partial charge in [-0.2, -0.15) is 0 Å². The molecule has 0 radical (unpaired) electrons. The zero-order chi connectivity index (χ0) is 16.0. The summed E-state index contributed by atoms with van der Waals surface area (Å²) in [6.45, 7) is 0.218. The molecule has 116 valence electrons. The molecule has 0 amide bonds. The summed E-state index contributed by atoms with van der Waals surface area (Å²) in [5, 5.41) is 10.4. The highest BCUT2D eigenvalue weighted by molar-refractivity contribution is 7.89. The Hall–Kier alpha value is -2.18. The first-order valence-corrected chi connectivity index (χ1v) is 8.28. The molecular weight excluding hydrogens is 302 g/mol. The van der Waals surface area contributed by atoms with Crippen molar-refractivity contribution in [3.63, 3.8) is 0 Å². The standard InChI is InChI=1S/C16H17NO4S/c18-16(19)11-8-13-6-9-15(10-7-13)22(20,21)17-12-14-4-2-1-3-5-14/h1-7,9-10,17H,8,11-12H2,(H,18,19)/p-1. The second-order valence-electron chi connectivity index (χ2n) is 4.83. The lowest BCUT2D eigenvalue weighted by molar-refractivity contribution is -0.305. The van der Waals surface area contributed by atoms with Crippen LogP contribution in [0.15, 0.2) is 59.5 Å². The molecule has 0 atom stereocenters. The maximum atomic E-state index is 12.2. The quantitative estimate of drug-likeness (QED) is 0.820. The zero-order valence-electron chi connectivity index (χ0n) is 11.9. The Labute approximate surface area is 129 Å². The van der Waals surface area contributed by atoms with Crippen LogP contribution in [0.1, 0.15) is 17.5 Å². The summed E-state index contributed by atoms with van der Waals surface area (Å²) in [7, 11) is -3.59. The molecule has 0 bridgehead atoms. The van der Waals surface area contributed by atoms with Crippen LogP contribution >= 0.6 is 0 Å². The number of nitrogens with one attached hydrogen (secondary N) is 1. The summed E-state index contributed by atoms with van der Waals surface area (Å²) in [5.74, 6) is -1.12. The van der Waals surface area contributed by atoms with E-state index < -0.39 is 16.0 Å². The number of carboxylic acid groups (broad SMARTS) is 1. The first-order valence-electron chi connectivity index (χ1n) is 6.80. The van der Waals surface area contributed by atoms with Crippen molar-refractivity contribution in [3.8, 4) is 0 Å². The number of carbonyl (C=O) groups is 1. The lowest BCUT2D eigenvalue weighted by Crippen LogP contribution is -2.23. The molecule has 0 aromatic heterocycles. The highest BCUT2D eigenvalue weighted by Crippen LogP contribution is 2.12. The van der Waals surface area contributed by atoms with Gasteiger partial charge >= 0.3 is 0 Å². The van der Waals surface area contributed by atoms with E-state index in [4.69, 9.17) is 0 Å². The van der Waals surface area contributed by atoms with Crippen LogP contribution in [0.4, 0.5) is 0 Å². The number of hydrogen-bond acceptors (Lipinski definition) is 4. The molecule has 6 heteroatoms. The molecule has 2 rings (SSSR count). The summed E-state index contributed by atoms with van der Waals surface area (Å²) in [4.78, 5) is 10.6. The number of aryl methyl sites for hydroxylation is 1. The Balaban J connectivity index is 2.01. The number of benzene rings is 2. The van der Waals surface area contributed by atoms with E-state index in [2.05, 4.69) is 4.72 Å². The van der Waals surface area contributed by atoms with Crippen molar-refractivity contribution >= 4 is 16.0 Å². The highest BCUT2D eigenvalue weighted by atomic mass is 32.2. The Morgan fingerprint density at radius 3 is 2.18 bits per heavy atom. The molecule has 2 aromatic rings. The van der Waals surface area contributed by atoms with Crippen molar-refractivity contribution in [2.24, 2.45) is 0 Å². The minimum Gasteiger partial charge on any atom is -0.550 e. The van der Waals surface area contributed by atoms with Crippen LogP contribution in [-0.4, -0.2) is 14.4 Å². The fourth-order valence-corrected chi connectivity index (χ4v) is 2.96. The van der Waals surface area contributed by atoms with Crippen molar-refractivity contribution in [3.05, 3.63) is 65.7 Å². The van der Waals surface area contributed by atoms with Gasteiger partial charge in [0.25, 0.3) is 0 Å². The van der Waals surface area contributed by atoms with Crippen LogP contribution in [-0.2, 0) is 27.8 Å². The molecular formula is C16H16NO4S-. The topological polar surface area (TPSA) is 86.3 Å². The molecule has 2 aromatic carbocycles. The van der Waals surface area contributed by atoms with Gasteiger partial charge in [-0.25, -0.2) is 13.1 Å². The summed E-state index contributed by atoms with van der Waals surface area (Å²) >= 11 is 0. The molecule has 0 saturated carbocycles. The Kier molecular flexibility index (Phi) is 5.30. The average Bonchev–Trinajstić information content (AvgIpc) is 2.52. The van der Waals surface area contributed by atoms with Gasteiger partial charge in [-0.05, 0) is 36.1 Å². The number of hydrogen-bond donors (Lipinski definition) is 1. The van der Waals surface area contributed by atoms with Crippen molar-refractivity contribution in [2.75, 3.05) is 0 Å². The largest absolute Gasteiger partial charge is 0.550 e. The Morgan fingerprint density at radius 2 is 1.59 bits per heavy atom. The van der Waals surface area contributed by atoms with Crippen molar-refractivity contribution in [1.29, 1.82) is 0 Å². The second kappa shape index (κ2) is 7.20. The lowest BCUT2D eigenvalue weighted by atomic mass is 10.1. The van der Waals surface area contributed by atoms with E-state index in [1.54, 1.807) is 12.1 Å². The fourth-order valence-electron chi connectivity index (χ4n) is 1.94. The second-order valence-corrected chi connectivity index (χ2v) is 6.59. The van der Waals surface area contributed by atoms with E-state index >= 15 is 0 Å². The van der Waals surface area contributed by atoms with E-state index in [1.807, 2.05) is 30.3 Å². The number of carboxylic acids is 1. The molecule has 0 spiro atoms. The average molecular weight is 318 g/mol. The van der Waals surface area contributed by atoms with Crippen LogP contribution in [0.3, 0.4) is 0 Å². The number of carbonyl (C=O) groups excluding carboxylic acids is 1. The summed E-state index contributed by atoms with van der Waals surface area (Å²) in [6.07, 6.45) is 0.235. The molecule has 0 fully saturated rings. The molecule has 22 heavy (non-hydrogen) atoms. The predicted octanol–water partition coefficient (Wildman–Crippen LogP) is 0.848. The van der Waals surface area contributed by atoms with Crippen LogP contribution in [0.5, 0.6) is 0 Å². The minimum absolute atomic E-state index is 0.0850. The van der Waals surface area contributed by atoms with Crippen LogP contribution in [0, 0.1) is 0 Å². The van der Waals surface area contributed by atoms with Crippen molar-refractivity contribution in [1.82, 2.24) is 4.72 Å². The van der Waals surface area contributed by atoms with Gasteiger partial charge in [0.1, 0.15) is 0 Å². The number of sulfonamides is 1. The third-order valence-electron chi connectivity index (χ3n) is 3.16. The fraction of sp³-hybridized carbons (Fsp3) is 0.188. The van der Waals surface area contributed by atoms with Gasteiger partial charge in [0.15, 0.2) is 0 Å². The minimum atomic E-state index is -3.59. The van der Waals surface area contributed by atoms with Gasteiger partial charge in [0, 0.05) is 12.5 Å². The molecule has 1 N–H and O–H groups in total. The predicted molar refractivity (Wildman–Crippen MR) is 80.2 cm³/mol. The van der Waals surface area contributed by atoms with Gasteiger partial charge < -0.3 is 9.90 Å². The lowest BCUT2D eigenvalue weighted by Gasteiger charge is -2.08.